The lowest BCUT2D eigenvalue weighted by molar-refractivity contribution is 0.424. The fraction of sp³-hybridized carbons (Fsp3) is 0.143. The molecule has 8 nitrogen and oxygen atoms in total. The Morgan fingerprint density at radius 3 is 2.04 bits per heavy atom. The van der Waals surface area contributed by atoms with Crippen LogP contribution in [0.3, 0.4) is 0 Å². The molecule has 0 aromatic heterocycles. The highest BCUT2D eigenvalue weighted by molar-refractivity contribution is 8.05. The maximum absolute atomic E-state index is 11.8. The first-order valence-electron chi connectivity index (χ1n) is 6.62. The minimum atomic E-state index is -5.26. The van der Waals surface area contributed by atoms with Crippen molar-refractivity contribution < 1.29 is 25.9 Å². The molecular weight excluding hydrogens is 356 g/mol. The van der Waals surface area contributed by atoms with Gasteiger partial charge < -0.3 is 11.5 Å². The van der Waals surface area contributed by atoms with Crippen LogP contribution in [-0.2, 0) is 20.2 Å². The zero-order valence-electron chi connectivity index (χ0n) is 12.3. The van der Waals surface area contributed by atoms with Crippen molar-refractivity contribution in [3.8, 4) is 0 Å². The number of rotatable bonds is 4. The van der Waals surface area contributed by atoms with Gasteiger partial charge in [-0.15, -0.1) is 0 Å². The molecule has 10 heteroatoms. The van der Waals surface area contributed by atoms with Gasteiger partial charge in [0.05, 0.1) is 0 Å². The number of nitrogens with two attached hydrogens (primary N) is 2. The van der Waals surface area contributed by atoms with E-state index in [4.69, 9.17) is 11.5 Å². The van der Waals surface area contributed by atoms with Crippen LogP contribution in [0.5, 0.6) is 0 Å². The van der Waals surface area contributed by atoms with Crippen molar-refractivity contribution >= 4 is 32.0 Å². The number of allylic oxidation sites excluding steroid dienone is 3. The number of anilines is 1. The molecule has 0 saturated heterocycles. The molecule has 0 heterocycles. The molecule has 1 unspecified atom stereocenters. The molecule has 0 saturated carbocycles. The third kappa shape index (κ3) is 3.22. The van der Waals surface area contributed by atoms with Crippen LogP contribution in [0.15, 0.2) is 54.3 Å². The van der Waals surface area contributed by atoms with Gasteiger partial charge in [-0.25, -0.2) is 0 Å². The molecule has 0 fully saturated rings. The Morgan fingerprint density at radius 2 is 1.54 bits per heavy atom. The molecule has 1 aliphatic carbocycles. The molecule has 1 atom stereocenters. The maximum Gasteiger partial charge on any atom is 0.292 e. The average molecular weight is 372 g/mol. The van der Waals surface area contributed by atoms with E-state index in [1.165, 1.54) is 24.3 Å². The SMILES string of the molecule is NC1=CC(S(=O)(=O)O)(S(=O)(=O)O)C(C=Cc2ccc(N)cc2)C=C1. The quantitative estimate of drug-likeness (QED) is 0.445. The Hall–Kier alpha value is -2.14. The molecular formula is C14H16N2O6S2. The third-order valence-electron chi connectivity index (χ3n) is 3.57. The molecule has 0 radical (unpaired) electrons. The average Bonchev–Trinajstić information content (AvgIpc) is 2.45. The summed E-state index contributed by atoms with van der Waals surface area (Å²) in [5.74, 6) is -1.40. The highest BCUT2D eigenvalue weighted by Crippen LogP contribution is 2.39. The minimum absolute atomic E-state index is 0.220. The summed E-state index contributed by atoms with van der Waals surface area (Å²) in [6, 6.07) is 6.47. The van der Waals surface area contributed by atoms with Gasteiger partial charge in [0.15, 0.2) is 0 Å². The Kier molecular flexibility index (Phi) is 4.59. The predicted octanol–water partition coefficient (Wildman–Crippen LogP) is 0.783. The Morgan fingerprint density at radius 1 is 1.00 bits per heavy atom. The van der Waals surface area contributed by atoms with E-state index >= 15 is 0 Å². The van der Waals surface area contributed by atoms with Gasteiger partial charge in [0, 0.05) is 17.3 Å². The van der Waals surface area contributed by atoms with Crippen LogP contribution in [0.4, 0.5) is 5.69 Å². The summed E-state index contributed by atoms with van der Waals surface area (Å²) in [5.41, 5.74) is 11.9. The summed E-state index contributed by atoms with van der Waals surface area (Å²) in [6.07, 6.45) is 5.73. The van der Waals surface area contributed by atoms with E-state index in [9.17, 15) is 25.9 Å². The molecule has 1 aromatic rings. The lowest BCUT2D eigenvalue weighted by atomic mass is 9.96. The summed E-state index contributed by atoms with van der Waals surface area (Å²) in [5, 5.41) is 0. The zero-order chi connectivity index (χ0) is 18.2. The molecule has 0 aliphatic heterocycles. The Labute approximate surface area is 139 Å². The summed E-state index contributed by atoms with van der Waals surface area (Å²) in [4.78, 5) is 0. The van der Waals surface area contributed by atoms with Crippen molar-refractivity contribution in [2.75, 3.05) is 5.73 Å². The lowest BCUT2D eigenvalue weighted by Crippen LogP contribution is -2.50. The highest BCUT2D eigenvalue weighted by atomic mass is 32.3. The van der Waals surface area contributed by atoms with Crippen LogP contribution in [0.1, 0.15) is 5.56 Å². The number of hydrogen-bond donors (Lipinski definition) is 4. The van der Waals surface area contributed by atoms with Gasteiger partial charge in [-0.3, -0.25) is 9.11 Å². The van der Waals surface area contributed by atoms with Crippen molar-refractivity contribution in [2.45, 2.75) is 4.08 Å². The summed E-state index contributed by atoms with van der Waals surface area (Å²) >= 11 is 0. The second-order valence-corrected chi connectivity index (χ2v) is 8.74. The van der Waals surface area contributed by atoms with Crippen molar-refractivity contribution in [2.24, 2.45) is 11.7 Å². The number of benzene rings is 1. The second kappa shape index (κ2) is 6.06. The van der Waals surface area contributed by atoms with Crippen LogP contribution < -0.4 is 11.5 Å². The van der Waals surface area contributed by atoms with Crippen molar-refractivity contribution in [1.29, 1.82) is 0 Å². The fourth-order valence-corrected chi connectivity index (χ4v) is 5.01. The molecule has 130 valence electrons. The molecule has 6 N–H and O–H groups in total. The zero-order valence-corrected chi connectivity index (χ0v) is 13.9. The Bertz CT molecular complexity index is 896. The van der Waals surface area contributed by atoms with E-state index in [1.54, 1.807) is 24.3 Å². The van der Waals surface area contributed by atoms with E-state index in [-0.39, 0.29) is 5.70 Å². The molecule has 24 heavy (non-hydrogen) atoms. The van der Waals surface area contributed by atoms with Gasteiger partial charge in [0.2, 0.25) is 0 Å². The van der Waals surface area contributed by atoms with E-state index < -0.39 is 30.2 Å². The van der Waals surface area contributed by atoms with Crippen LogP contribution in [-0.4, -0.2) is 30.0 Å². The monoisotopic (exact) mass is 372 g/mol. The summed E-state index contributed by atoms with van der Waals surface area (Å²) in [7, 11) is -10.5. The number of hydrogen-bond acceptors (Lipinski definition) is 6. The molecule has 0 spiro atoms. The van der Waals surface area contributed by atoms with E-state index in [0.29, 0.717) is 17.3 Å². The van der Waals surface area contributed by atoms with Crippen LogP contribution in [0.2, 0.25) is 0 Å². The minimum Gasteiger partial charge on any atom is -0.399 e. The second-order valence-electron chi connectivity index (χ2n) is 5.23. The van der Waals surface area contributed by atoms with Crippen molar-refractivity contribution in [3.63, 3.8) is 0 Å². The van der Waals surface area contributed by atoms with Gasteiger partial charge in [-0.2, -0.15) is 16.8 Å². The fourth-order valence-electron chi connectivity index (χ4n) is 2.37. The molecule has 2 rings (SSSR count). The van der Waals surface area contributed by atoms with Crippen LogP contribution >= 0.6 is 0 Å². The van der Waals surface area contributed by atoms with E-state index in [1.807, 2.05) is 0 Å². The third-order valence-corrected chi connectivity index (χ3v) is 7.22. The van der Waals surface area contributed by atoms with Crippen LogP contribution in [0.25, 0.3) is 6.08 Å². The summed E-state index contributed by atoms with van der Waals surface area (Å²) in [6.45, 7) is 0. The van der Waals surface area contributed by atoms with Crippen molar-refractivity contribution in [1.82, 2.24) is 0 Å². The summed E-state index contributed by atoms with van der Waals surface area (Å²) < 4.78 is 63.2. The van der Waals surface area contributed by atoms with Crippen molar-refractivity contribution in [3.05, 3.63) is 59.8 Å². The normalized spacial score (nSPS) is 20.9. The molecule has 1 aliphatic rings. The lowest BCUT2D eigenvalue weighted by Gasteiger charge is -2.31. The van der Waals surface area contributed by atoms with Crippen LogP contribution in [0, 0.1) is 5.92 Å². The van der Waals surface area contributed by atoms with E-state index in [2.05, 4.69) is 0 Å². The highest BCUT2D eigenvalue weighted by Gasteiger charge is 2.58. The van der Waals surface area contributed by atoms with E-state index in [0.717, 1.165) is 0 Å². The Balaban J connectivity index is 2.58. The topological polar surface area (TPSA) is 161 Å². The first-order valence-corrected chi connectivity index (χ1v) is 9.50. The molecule has 0 bridgehead atoms. The standard InChI is InChI=1S/C14H16N2O6S2/c15-12-6-2-10(3-7-12)1-4-11-5-8-13(16)9-14(11,23(17,18)19)24(20,21)22/h1-9,11H,15-16H2,(H,17,18,19)(H,20,21,22). The van der Waals surface area contributed by atoms with Gasteiger partial charge in [-0.1, -0.05) is 30.4 Å². The number of nitrogen functional groups attached to an aromatic ring is 1. The first-order chi connectivity index (χ1) is 11.0. The first kappa shape index (κ1) is 18.2. The van der Waals surface area contributed by atoms with Gasteiger partial charge in [0.1, 0.15) is 0 Å². The maximum atomic E-state index is 11.8. The van der Waals surface area contributed by atoms with Gasteiger partial charge in [0.25, 0.3) is 24.3 Å². The van der Waals surface area contributed by atoms with Gasteiger partial charge >= 0.3 is 0 Å². The predicted molar refractivity (Wildman–Crippen MR) is 90.6 cm³/mol. The molecule has 0 amide bonds. The largest absolute Gasteiger partial charge is 0.399 e. The smallest absolute Gasteiger partial charge is 0.292 e. The van der Waals surface area contributed by atoms with Gasteiger partial charge in [-0.05, 0) is 29.8 Å². The molecule has 1 aromatic carbocycles.